The topological polar surface area (TPSA) is 38.0 Å². The molecule has 2 rings (SSSR count). The Labute approximate surface area is 59.7 Å². The highest BCUT2D eigenvalue weighted by Crippen LogP contribution is 2.42. The van der Waals surface area contributed by atoms with Gasteiger partial charge in [-0.25, -0.2) is 0 Å². The van der Waals surface area contributed by atoms with E-state index in [9.17, 15) is 0 Å². The highest BCUT2D eigenvalue weighted by molar-refractivity contribution is 7.97. The van der Waals surface area contributed by atoms with Crippen molar-refractivity contribution in [1.29, 1.82) is 0 Å². The van der Waals surface area contributed by atoms with Crippen LogP contribution in [0.5, 0.6) is 0 Å². The smallest absolute Gasteiger partial charge is 0.0237 e. The summed E-state index contributed by atoms with van der Waals surface area (Å²) >= 11 is 1.55. The van der Waals surface area contributed by atoms with Crippen LogP contribution in [-0.2, 0) is 0 Å². The van der Waals surface area contributed by atoms with Gasteiger partial charge in [0.05, 0.1) is 0 Å². The van der Waals surface area contributed by atoms with Gasteiger partial charge < -0.3 is 5.32 Å². The summed E-state index contributed by atoms with van der Waals surface area (Å²) in [5, 5.41) is 9.63. The summed E-state index contributed by atoms with van der Waals surface area (Å²) in [6.07, 6.45) is 1.35. The molecule has 3 N–H and O–H groups in total. The quantitative estimate of drug-likeness (QED) is 0.516. The normalized spacial score (nSPS) is 48.3. The molecule has 1 saturated carbocycles. The molecule has 3 unspecified atom stereocenters. The molecule has 1 aliphatic heterocycles. The highest BCUT2D eigenvalue weighted by atomic mass is 32.2. The van der Waals surface area contributed by atoms with Gasteiger partial charge in [-0.1, -0.05) is 11.9 Å². The maximum atomic E-state index is 5.48. The average Bonchev–Trinajstić information content (AvgIpc) is 2.14. The Balaban J connectivity index is 1.93. The van der Waals surface area contributed by atoms with Crippen LogP contribution in [-0.4, -0.2) is 18.3 Å². The van der Waals surface area contributed by atoms with Crippen LogP contribution in [0.15, 0.2) is 0 Å². The number of nitrogens with one attached hydrogen (secondary N) is 1. The summed E-state index contributed by atoms with van der Waals surface area (Å²) in [4.78, 5) is 0. The van der Waals surface area contributed by atoms with Gasteiger partial charge in [-0.3, -0.25) is 5.14 Å². The van der Waals surface area contributed by atoms with E-state index >= 15 is 0 Å². The second kappa shape index (κ2) is 2.15. The first kappa shape index (κ1) is 6.01. The van der Waals surface area contributed by atoms with E-state index < -0.39 is 0 Å². The fourth-order valence-electron chi connectivity index (χ4n) is 1.88. The minimum atomic E-state index is 0.769. The molecular formula is C6H12N2S. The molecule has 52 valence electrons. The van der Waals surface area contributed by atoms with Gasteiger partial charge >= 0.3 is 0 Å². The van der Waals surface area contributed by atoms with Gasteiger partial charge in [0.15, 0.2) is 0 Å². The molecule has 1 heterocycles. The minimum Gasteiger partial charge on any atom is -0.316 e. The van der Waals surface area contributed by atoms with E-state index in [-0.39, 0.29) is 0 Å². The van der Waals surface area contributed by atoms with Crippen LogP contribution in [0.4, 0.5) is 0 Å². The molecule has 0 radical (unpaired) electrons. The monoisotopic (exact) mass is 144 g/mol. The van der Waals surface area contributed by atoms with E-state index in [2.05, 4.69) is 5.32 Å². The van der Waals surface area contributed by atoms with E-state index in [4.69, 9.17) is 5.14 Å². The number of rotatable bonds is 1. The lowest BCUT2D eigenvalue weighted by molar-refractivity contribution is 0.257. The Hall–Kier alpha value is 0.270. The zero-order chi connectivity index (χ0) is 6.27. The van der Waals surface area contributed by atoms with Crippen molar-refractivity contribution in [3.63, 3.8) is 0 Å². The standard InChI is InChI=1S/C6H12N2S/c7-9-6-1-4-2-8-3-5(4)6/h4-6,8H,1-3,7H2. The molecule has 0 spiro atoms. The van der Waals surface area contributed by atoms with E-state index in [1.807, 2.05) is 0 Å². The average molecular weight is 144 g/mol. The van der Waals surface area contributed by atoms with Gasteiger partial charge in [-0.2, -0.15) is 0 Å². The second-order valence-corrected chi connectivity index (χ2v) is 3.87. The van der Waals surface area contributed by atoms with E-state index in [1.54, 1.807) is 11.9 Å². The lowest BCUT2D eigenvalue weighted by Gasteiger charge is -2.37. The SMILES string of the molecule is NSC1CC2CNCC21. The van der Waals surface area contributed by atoms with Crippen molar-refractivity contribution in [3.05, 3.63) is 0 Å². The summed E-state index contributed by atoms with van der Waals surface area (Å²) < 4.78 is 0. The van der Waals surface area contributed by atoms with Crippen molar-refractivity contribution in [2.75, 3.05) is 13.1 Å². The molecule has 0 aromatic heterocycles. The Morgan fingerprint density at radius 2 is 2.33 bits per heavy atom. The van der Waals surface area contributed by atoms with Crippen molar-refractivity contribution >= 4 is 11.9 Å². The minimum absolute atomic E-state index is 0.769. The molecule has 9 heavy (non-hydrogen) atoms. The molecule has 2 aliphatic rings. The van der Waals surface area contributed by atoms with Crippen LogP contribution in [0.25, 0.3) is 0 Å². The summed E-state index contributed by atoms with van der Waals surface area (Å²) in [5.41, 5.74) is 0. The molecule has 0 aromatic rings. The first-order chi connectivity index (χ1) is 4.42. The van der Waals surface area contributed by atoms with Gasteiger partial charge in [-0.05, 0) is 31.3 Å². The summed E-state index contributed by atoms with van der Waals surface area (Å²) in [6, 6.07) is 0. The maximum absolute atomic E-state index is 5.48. The molecule has 2 nitrogen and oxygen atoms in total. The molecule has 3 atom stereocenters. The van der Waals surface area contributed by atoms with Crippen molar-refractivity contribution in [2.45, 2.75) is 11.7 Å². The number of hydrogen-bond acceptors (Lipinski definition) is 3. The van der Waals surface area contributed by atoms with Crippen LogP contribution < -0.4 is 10.5 Å². The van der Waals surface area contributed by atoms with Crippen LogP contribution in [0.2, 0.25) is 0 Å². The third kappa shape index (κ3) is 0.791. The van der Waals surface area contributed by atoms with Gasteiger partial charge in [-0.15, -0.1) is 0 Å². The summed E-state index contributed by atoms with van der Waals surface area (Å²) in [5.74, 6) is 1.87. The molecule has 0 bridgehead atoms. The van der Waals surface area contributed by atoms with Crippen LogP contribution in [0.3, 0.4) is 0 Å². The van der Waals surface area contributed by atoms with Crippen molar-refractivity contribution < 1.29 is 0 Å². The third-order valence-electron chi connectivity index (χ3n) is 2.58. The first-order valence-corrected chi connectivity index (χ1v) is 4.42. The Morgan fingerprint density at radius 3 is 3.00 bits per heavy atom. The van der Waals surface area contributed by atoms with Crippen molar-refractivity contribution in [1.82, 2.24) is 5.32 Å². The Kier molecular flexibility index (Phi) is 1.43. The van der Waals surface area contributed by atoms with Gasteiger partial charge in [0.25, 0.3) is 0 Å². The second-order valence-electron chi connectivity index (χ2n) is 2.99. The lowest BCUT2D eigenvalue weighted by atomic mass is 9.76. The zero-order valence-corrected chi connectivity index (χ0v) is 6.16. The first-order valence-electron chi connectivity index (χ1n) is 3.48. The van der Waals surface area contributed by atoms with Crippen LogP contribution in [0.1, 0.15) is 6.42 Å². The van der Waals surface area contributed by atoms with Gasteiger partial charge in [0.2, 0.25) is 0 Å². The van der Waals surface area contributed by atoms with Gasteiger partial charge in [0, 0.05) is 5.25 Å². The molecular weight excluding hydrogens is 132 g/mol. The molecule has 1 aliphatic carbocycles. The van der Waals surface area contributed by atoms with E-state index in [1.165, 1.54) is 19.5 Å². The van der Waals surface area contributed by atoms with Crippen molar-refractivity contribution in [3.8, 4) is 0 Å². The predicted molar refractivity (Wildman–Crippen MR) is 40.0 cm³/mol. The molecule has 1 saturated heterocycles. The summed E-state index contributed by atoms with van der Waals surface area (Å²) in [6.45, 7) is 2.45. The number of fused-ring (bicyclic) bond motifs is 1. The molecule has 2 fully saturated rings. The lowest BCUT2D eigenvalue weighted by Crippen LogP contribution is -2.38. The fraction of sp³-hybridized carbons (Fsp3) is 1.00. The third-order valence-corrected chi connectivity index (χ3v) is 3.47. The molecule has 0 aromatic carbocycles. The fourth-order valence-corrected chi connectivity index (χ4v) is 2.76. The van der Waals surface area contributed by atoms with Crippen LogP contribution in [0, 0.1) is 11.8 Å². The number of hydrogen-bond donors (Lipinski definition) is 2. The van der Waals surface area contributed by atoms with E-state index in [0.717, 1.165) is 17.1 Å². The van der Waals surface area contributed by atoms with Crippen LogP contribution >= 0.6 is 11.9 Å². The number of nitrogens with two attached hydrogens (primary N) is 1. The highest BCUT2D eigenvalue weighted by Gasteiger charge is 2.43. The van der Waals surface area contributed by atoms with Crippen molar-refractivity contribution in [2.24, 2.45) is 17.0 Å². The summed E-state index contributed by atoms with van der Waals surface area (Å²) in [7, 11) is 0. The largest absolute Gasteiger partial charge is 0.316 e. The van der Waals surface area contributed by atoms with E-state index in [0.29, 0.717) is 0 Å². The maximum Gasteiger partial charge on any atom is 0.0237 e. The predicted octanol–water partition coefficient (Wildman–Crippen LogP) is 0.201. The molecule has 0 amide bonds. The molecule has 3 heteroatoms. The Bertz CT molecular complexity index is 118. The van der Waals surface area contributed by atoms with Gasteiger partial charge in [0.1, 0.15) is 0 Å². The Morgan fingerprint density at radius 1 is 1.44 bits per heavy atom. The zero-order valence-electron chi connectivity index (χ0n) is 5.34.